The van der Waals surface area contributed by atoms with Crippen molar-refractivity contribution in [1.29, 1.82) is 0 Å². The van der Waals surface area contributed by atoms with Gasteiger partial charge in [0.25, 0.3) is 0 Å². The molecular formula is C11H9F3N2OS. The van der Waals surface area contributed by atoms with Crippen molar-refractivity contribution < 1.29 is 13.2 Å². The fourth-order valence-corrected chi connectivity index (χ4v) is 2.03. The predicted molar refractivity (Wildman–Crippen MR) is 61.8 cm³/mol. The van der Waals surface area contributed by atoms with Crippen molar-refractivity contribution >= 4 is 11.3 Å². The molecule has 0 bridgehead atoms. The van der Waals surface area contributed by atoms with Gasteiger partial charge in [-0.15, -0.1) is 0 Å². The molecule has 1 heterocycles. The highest BCUT2D eigenvalue weighted by Gasteiger charge is 2.10. The number of nitrogens with one attached hydrogen (secondary N) is 2. The van der Waals surface area contributed by atoms with E-state index < -0.39 is 17.5 Å². The lowest BCUT2D eigenvalue weighted by molar-refractivity contribution is 0.444. The highest BCUT2D eigenvalue weighted by molar-refractivity contribution is 7.07. The quantitative estimate of drug-likeness (QED) is 0.839. The molecule has 1 aromatic heterocycles. The van der Waals surface area contributed by atoms with Crippen LogP contribution in [0, 0.1) is 17.5 Å². The molecule has 3 nitrogen and oxygen atoms in total. The van der Waals surface area contributed by atoms with Crippen molar-refractivity contribution in [1.82, 2.24) is 10.3 Å². The van der Waals surface area contributed by atoms with Gasteiger partial charge >= 0.3 is 4.87 Å². The Labute approximate surface area is 104 Å². The topological polar surface area (TPSA) is 44.9 Å². The number of hydrogen-bond donors (Lipinski definition) is 2. The lowest BCUT2D eigenvalue weighted by Gasteiger charge is -2.04. The second-order valence-electron chi connectivity index (χ2n) is 3.65. The minimum Gasteiger partial charge on any atom is -0.315 e. The van der Waals surface area contributed by atoms with Gasteiger partial charge in [-0.1, -0.05) is 11.3 Å². The maximum atomic E-state index is 12.9. The van der Waals surface area contributed by atoms with Crippen LogP contribution < -0.4 is 10.2 Å². The number of H-pyrrole nitrogens is 1. The first-order valence-corrected chi connectivity index (χ1v) is 5.95. The van der Waals surface area contributed by atoms with E-state index in [4.69, 9.17) is 0 Å². The summed E-state index contributed by atoms with van der Waals surface area (Å²) in [4.78, 5) is 13.3. The SMILES string of the molecule is O=c1[nH]c(CNCc2cc(F)c(F)c(F)c2)cs1. The van der Waals surface area contributed by atoms with Gasteiger partial charge in [-0.05, 0) is 17.7 Å². The Bertz CT molecular complexity index is 585. The van der Waals surface area contributed by atoms with Crippen LogP contribution in [0.5, 0.6) is 0 Å². The zero-order valence-electron chi connectivity index (χ0n) is 9.10. The van der Waals surface area contributed by atoms with Crippen molar-refractivity contribution in [3.05, 3.63) is 55.9 Å². The van der Waals surface area contributed by atoms with Crippen LogP contribution in [0.4, 0.5) is 13.2 Å². The third kappa shape index (κ3) is 2.99. The molecule has 0 aliphatic carbocycles. The average molecular weight is 274 g/mol. The van der Waals surface area contributed by atoms with E-state index in [1.807, 2.05) is 0 Å². The van der Waals surface area contributed by atoms with Gasteiger partial charge in [0.15, 0.2) is 17.5 Å². The number of benzene rings is 1. The predicted octanol–water partition coefficient (Wildman–Crippen LogP) is 2.14. The summed E-state index contributed by atoms with van der Waals surface area (Å²) in [6.45, 7) is 0.533. The lowest BCUT2D eigenvalue weighted by Crippen LogP contribution is -2.14. The summed E-state index contributed by atoms with van der Waals surface area (Å²) in [6, 6.07) is 1.86. The molecule has 0 aliphatic rings. The molecule has 0 aliphatic heterocycles. The summed E-state index contributed by atoms with van der Waals surface area (Å²) in [7, 11) is 0. The maximum Gasteiger partial charge on any atom is 0.304 e. The smallest absolute Gasteiger partial charge is 0.304 e. The molecule has 0 saturated heterocycles. The van der Waals surface area contributed by atoms with Gasteiger partial charge < -0.3 is 10.3 Å². The van der Waals surface area contributed by atoms with Gasteiger partial charge in [0.2, 0.25) is 0 Å². The Morgan fingerprint density at radius 1 is 1.17 bits per heavy atom. The summed E-state index contributed by atoms with van der Waals surface area (Å²) >= 11 is 1.04. The second-order valence-corrected chi connectivity index (χ2v) is 4.49. The van der Waals surface area contributed by atoms with Crippen LogP contribution >= 0.6 is 11.3 Å². The van der Waals surface area contributed by atoms with Crippen LogP contribution in [0.25, 0.3) is 0 Å². The fourth-order valence-electron chi connectivity index (χ4n) is 1.45. The first-order chi connectivity index (χ1) is 8.56. The van der Waals surface area contributed by atoms with Crippen molar-refractivity contribution in [3.8, 4) is 0 Å². The lowest BCUT2D eigenvalue weighted by atomic mass is 10.2. The van der Waals surface area contributed by atoms with E-state index >= 15 is 0 Å². The highest BCUT2D eigenvalue weighted by Crippen LogP contribution is 2.13. The fraction of sp³-hybridized carbons (Fsp3) is 0.182. The third-order valence-electron chi connectivity index (χ3n) is 2.26. The molecule has 0 spiro atoms. The van der Waals surface area contributed by atoms with Gasteiger partial charge in [-0.3, -0.25) is 4.79 Å². The van der Waals surface area contributed by atoms with Crippen LogP contribution in [0.1, 0.15) is 11.3 Å². The Balaban J connectivity index is 1.96. The Morgan fingerprint density at radius 3 is 2.39 bits per heavy atom. The number of aromatic nitrogens is 1. The molecule has 2 rings (SSSR count). The van der Waals surface area contributed by atoms with Gasteiger partial charge in [-0.2, -0.15) is 0 Å². The molecule has 0 unspecified atom stereocenters. The van der Waals surface area contributed by atoms with Crippen LogP contribution in [0.15, 0.2) is 22.3 Å². The van der Waals surface area contributed by atoms with Gasteiger partial charge in [0.1, 0.15) is 0 Å². The summed E-state index contributed by atoms with van der Waals surface area (Å²) in [5.74, 6) is -3.90. The van der Waals surface area contributed by atoms with Crippen molar-refractivity contribution in [3.63, 3.8) is 0 Å². The maximum absolute atomic E-state index is 12.9. The van der Waals surface area contributed by atoms with E-state index in [1.54, 1.807) is 5.38 Å². The van der Waals surface area contributed by atoms with E-state index in [0.717, 1.165) is 23.5 Å². The first kappa shape index (κ1) is 12.8. The zero-order valence-corrected chi connectivity index (χ0v) is 9.91. The highest BCUT2D eigenvalue weighted by atomic mass is 32.1. The number of hydrogen-bond acceptors (Lipinski definition) is 3. The van der Waals surface area contributed by atoms with Gasteiger partial charge in [0, 0.05) is 24.2 Å². The molecule has 2 N–H and O–H groups in total. The van der Waals surface area contributed by atoms with Gasteiger partial charge in [0.05, 0.1) is 0 Å². The minimum absolute atomic E-state index is 0.161. The van der Waals surface area contributed by atoms with E-state index in [2.05, 4.69) is 10.3 Å². The number of thiazole rings is 1. The Kier molecular flexibility index (Phi) is 3.83. The average Bonchev–Trinajstić information content (AvgIpc) is 2.72. The molecule has 0 atom stereocenters. The molecular weight excluding hydrogens is 265 g/mol. The molecule has 0 radical (unpaired) electrons. The van der Waals surface area contributed by atoms with Crippen LogP contribution in [0.2, 0.25) is 0 Å². The molecule has 7 heteroatoms. The van der Waals surface area contributed by atoms with E-state index in [-0.39, 0.29) is 11.4 Å². The summed E-state index contributed by atoms with van der Waals surface area (Å²) in [5.41, 5.74) is 0.983. The molecule has 2 aromatic rings. The molecule has 18 heavy (non-hydrogen) atoms. The number of aromatic amines is 1. The number of rotatable bonds is 4. The summed E-state index contributed by atoms with van der Waals surface area (Å²) in [5, 5.41) is 4.54. The summed E-state index contributed by atoms with van der Waals surface area (Å²) in [6.07, 6.45) is 0. The molecule has 96 valence electrons. The van der Waals surface area contributed by atoms with Crippen LogP contribution in [0.3, 0.4) is 0 Å². The van der Waals surface area contributed by atoms with E-state index in [1.165, 1.54) is 0 Å². The zero-order chi connectivity index (χ0) is 13.1. The van der Waals surface area contributed by atoms with E-state index in [9.17, 15) is 18.0 Å². The molecule has 1 aromatic carbocycles. The molecule has 0 amide bonds. The van der Waals surface area contributed by atoms with Crippen molar-refractivity contribution in [2.24, 2.45) is 0 Å². The normalized spacial score (nSPS) is 10.8. The van der Waals surface area contributed by atoms with Gasteiger partial charge in [-0.25, -0.2) is 13.2 Å². The second kappa shape index (κ2) is 5.36. The third-order valence-corrected chi connectivity index (χ3v) is 2.98. The van der Waals surface area contributed by atoms with Crippen LogP contribution in [-0.2, 0) is 13.1 Å². The van der Waals surface area contributed by atoms with Crippen molar-refractivity contribution in [2.75, 3.05) is 0 Å². The monoisotopic (exact) mass is 274 g/mol. The minimum atomic E-state index is -1.47. The van der Waals surface area contributed by atoms with Crippen molar-refractivity contribution in [2.45, 2.75) is 13.1 Å². The standard InChI is InChI=1S/C11H9F3N2OS/c12-8-1-6(2-9(13)10(8)14)3-15-4-7-5-18-11(17)16-7/h1-2,5,15H,3-4H2,(H,16,17). The Hall–Kier alpha value is -1.60. The molecule has 0 fully saturated rings. The number of halogens is 3. The summed E-state index contributed by atoms with van der Waals surface area (Å²) < 4.78 is 38.5. The molecule has 0 saturated carbocycles. The largest absolute Gasteiger partial charge is 0.315 e. The van der Waals surface area contributed by atoms with E-state index in [0.29, 0.717) is 17.8 Å². The Morgan fingerprint density at radius 2 is 1.83 bits per heavy atom. The first-order valence-electron chi connectivity index (χ1n) is 5.07. The van der Waals surface area contributed by atoms with Crippen LogP contribution in [-0.4, -0.2) is 4.98 Å².